The molecule has 0 aromatic carbocycles. The van der Waals surface area contributed by atoms with E-state index < -0.39 is 0 Å². The smallest absolute Gasteiger partial charge is 0.210 e. The van der Waals surface area contributed by atoms with E-state index in [2.05, 4.69) is 33.6 Å². The van der Waals surface area contributed by atoms with Gasteiger partial charge in [-0.05, 0) is 36.8 Å². The van der Waals surface area contributed by atoms with Crippen molar-refractivity contribution in [1.29, 1.82) is 0 Å². The van der Waals surface area contributed by atoms with Crippen LogP contribution in [0.15, 0.2) is 23.9 Å². The average molecular weight is 319 g/mol. The highest BCUT2D eigenvalue weighted by atomic mass is 32.2. The molecule has 0 saturated carbocycles. The Kier molecular flexibility index (Phi) is 5.54. The van der Waals surface area contributed by atoms with Crippen molar-refractivity contribution in [2.45, 2.75) is 45.4 Å². The van der Waals surface area contributed by atoms with Gasteiger partial charge in [-0.25, -0.2) is 4.68 Å². The molecular formula is C15H21N5OS. The van der Waals surface area contributed by atoms with Crippen LogP contribution >= 0.6 is 11.8 Å². The number of thioether (sulfide) groups is 1. The summed E-state index contributed by atoms with van der Waals surface area (Å²) in [6.45, 7) is 11.3. The highest BCUT2D eigenvalue weighted by Gasteiger charge is 2.17. The number of nitrogens with zero attached hydrogens (tertiary/aromatic N) is 5. The van der Waals surface area contributed by atoms with Gasteiger partial charge in [-0.2, -0.15) is 0 Å². The number of tetrazole rings is 1. The molecule has 0 unspecified atom stereocenters. The lowest BCUT2D eigenvalue weighted by molar-refractivity contribution is 0.102. The number of hydrogen-bond acceptors (Lipinski definition) is 5. The van der Waals surface area contributed by atoms with Crippen LogP contribution in [0.5, 0.6) is 0 Å². The number of carbonyl (C=O) groups excluding carboxylic acids is 1. The Hall–Kier alpha value is -1.89. The van der Waals surface area contributed by atoms with Crippen molar-refractivity contribution in [3.05, 3.63) is 35.7 Å². The van der Waals surface area contributed by atoms with Crippen molar-refractivity contribution in [2.75, 3.05) is 5.75 Å². The number of Topliss-reactive ketones (excluding diaryl/α,β-unsaturated/α-hetero) is 1. The molecule has 22 heavy (non-hydrogen) atoms. The molecule has 2 rings (SSSR count). The van der Waals surface area contributed by atoms with Crippen molar-refractivity contribution in [3.63, 3.8) is 0 Å². The van der Waals surface area contributed by atoms with Crippen molar-refractivity contribution in [2.24, 2.45) is 0 Å². The molecule has 0 spiro atoms. The molecule has 0 atom stereocenters. The van der Waals surface area contributed by atoms with Crippen LogP contribution in [-0.2, 0) is 13.1 Å². The summed E-state index contributed by atoms with van der Waals surface area (Å²) in [7, 11) is 0. The topological polar surface area (TPSA) is 65.6 Å². The van der Waals surface area contributed by atoms with Crippen LogP contribution in [0, 0.1) is 13.8 Å². The Bertz CT molecular complexity index is 674. The normalized spacial score (nSPS) is 10.9. The maximum absolute atomic E-state index is 12.5. The lowest BCUT2D eigenvalue weighted by Crippen LogP contribution is -2.08. The highest BCUT2D eigenvalue weighted by Crippen LogP contribution is 2.20. The summed E-state index contributed by atoms with van der Waals surface area (Å²) in [5.41, 5.74) is 2.96. The van der Waals surface area contributed by atoms with E-state index in [9.17, 15) is 4.79 Å². The molecule has 7 heteroatoms. The molecule has 6 nitrogen and oxygen atoms in total. The van der Waals surface area contributed by atoms with Gasteiger partial charge in [-0.15, -0.1) is 11.7 Å². The first kappa shape index (κ1) is 16.5. The van der Waals surface area contributed by atoms with Gasteiger partial charge in [0.15, 0.2) is 5.78 Å². The monoisotopic (exact) mass is 319 g/mol. The molecule has 2 aromatic heterocycles. The fourth-order valence-electron chi connectivity index (χ4n) is 2.40. The van der Waals surface area contributed by atoms with Crippen LogP contribution in [0.4, 0.5) is 0 Å². The lowest BCUT2D eigenvalue weighted by Gasteiger charge is -2.07. The minimum Gasteiger partial charge on any atom is -0.348 e. The SMILES string of the molecule is C=CCn1nnnc1SCC(=O)c1cc(C)n(CCC)c1C. The molecule has 0 amide bonds. The maximum Gasteiger partial charge on any atom is 0.210 e. The zero-order valence-electron chi connectivity index (χ0n) is 13.2. The average Bonchev–Trinajstić information content (AvgIpc) is 3.05. The minimum atomic E-state index is 0.105. The summed E-state index contributed by atoms with van der Waals surface area (Å²) in [4.78, 5) is 12.5. The van der Waals surface area contributed by atoms with E-state index >= 15 is 0 Å². The van der Waals surface area contributed by atoms with E-state index in [1.807, 2.05) is 19.9 Å². The van der Waals surface area contributed by atoms with E-state index in [0.717, 1.165) is 29.9 Å². The second kappa shape index (κ2) is 7.40. The van der Waals surface area contributed by atoms with Crippen LogP contribution in [0.25, 0.3) is 0 Å². The van der Waals surface area contributed by atoms with Crippen LogP contribution in [0.3, 0.4) is 0 Å². The second-order valence-electron chi connectivity index (χ2n) is 5.08. The molecule has 2 heterocycles. The molecule has 0 aliphatic heterocycles. The summed E-state index contributed by atoms with van der Waals surface area (Å²) in [6.07, 6.45) is 2.77. The molecule has 2 aromatic rings. The van der Waals surface area contributed by atoms with Gasteiger partial charge in [0.2, 0.25) is 5.16 Å². The van der Waals surface area contributed by atoms with Gasteiger partial charge in [-0.1, -0.05) is 24.8 Å². The third-order valence-corrected chi connectivity index (χ3v) is 4.41. The van der Waals surface area contributed by atoms with Crippen LogP contribution in [0.1, 0.15) is 35.1 Å². The zero-order chi connectivity index (χ0) is 16.1. The van der Waals surface area contributed by atoms with E-state index in [1.54, 1.807) is 10.8 Å². The molecule has 0 aliphatic rings. The Morgan fingerprint density at radius 2 is 2.23 bits per heavy atom. The number of hydrogen-bond donors (Lipinski definition) is 0. The number of ketones is 1. The first-order valence-electron chi connectivity index (χ1n) is 7.28. The number of allylic oxidation sites excluding steroid dienone is 1. The predicted octanol–water partition coefficient (Wildman–Crippen LogP) is 2.66. The maximum atomic E-state index is 12.5. The Balaban J connectivity index is 2.08. The van der Waals surface area contributed by atoms with Gasteiger partial charge >= 0.3 is 0 Å². The van der Waals surface area contributed by atoms with Crippen molar-refractivity contribution in [3.8, 4) is 0 Å². The third kappa shape index (κ3) is 3.47. The lowest BCUT2D eigenvalue weighted by atomic mass is 10.2. The van der Waals surface area contributed by atoms with Crippen molar-refractivity contribution in [1.82, 2.24) is 24.8 Å². The number of carbonyl (C=O) groups is 1. The summed E-state index contributed by atoms with van der Waals surface area (Å²) >= 11 is 1.35. The predicted molar refractivity (Wildman–Crippen MR) is 87.3 cm³/mol. The molecular weight excluding hydrogens is 298 g/mol. The van der Waals surface area contributed by atoms with Gasteiger partial charge in [0, 0.05) is 23.5 Å². The third-order valence-electron chi connectivity index (χ3n) is 3.45. The second-order valence-corrected chi connectivity index (χ2v) is 6.02. The Morgan fingerprint density at radius 3 is 2.91 bits per heavy atom. The van der Waals surface area contributed by atoms with Gasteiger partial charge in [0.25, 0.3) is 0 Å². The Labute approximate surface area is 134 Å². The van der Waals surface area contributed by atoms with Crippen LogP contribution < -0.4 is 0 Å². The fraction of sp³-hybridized carbons (Fsp3) is 0.467. The number of rotatable bonds is 8. The number of aromatic nitrogens is 5. The van der Waals surface area contributed by atoms with Crippen LogP contribution in [0.2, 0.25) is 0 Å². The highest BCUT2D eigenvalue weighted by molar-refractivity contribution is 7.99. The van der Waals surface area contributed by atoms with Gasteiger partial charge in [0.1, 0.15) is 0 Å². The van der Waals surface area contributed by atoms with E-state index in [-0.39, 0.29) is 5.78 Å². The molecule has 0 N–H and O–H groups in total. The van der Waals surface area contributed by atoms with E-state index in [0.29, 0.717) is 17.5 Å². The van der Waals surface area contributed by atoms with Crippen molar-refractivity contribution >= 4 is 17.5 Å². The fourth-order valence-corrected chi connectivity index (χ4v) is 3.17. The quantitative estimate of drug-likeness (QED) is 0.425. The zero-order valence-corrected chi connectivity index (χ0v) is 14.1. The Morgan fingerprint density at radius 1 is 1.45 bits per heavy atom. The van der Waals surface area contributed by atoms with Crippen molar-refractivity contribution < 1.29 is 4.79 Å². The van der Waals surface area contributed by atoms with Gasteiger partial charge in [0.05, 0.1) is 12.3 Å². The van der Waals surface area contributed by atoms with Crippen LogP contribution in [-0.4, -0.2) is 36.3 Å². The standard InChI is InChI=1S/C15H21N5OS/c1-5-7-19-11(3)9-13(12(19)4)14(21)10-22-15-16-17-18-20(15)8-6-2/h6,9H,2,5,7-8,10H2,1,3-4H3. The molecule has 0 fully saturated rings. The molecule has 118 valence electrons. The van der Waals surface area contributed by atoms with E-state index in [1.165, 1.54) is 11.8 Å². The largest absolute Gasteiger partial charge is 0.348 e. The van der Waals surface area contributed by atoms with E-state index in [4.69, 9.17) is 0 Å². The summed E-state index contributed by atoms with van der Waals surface area (Å²) < 4.78 is 3.82. The van der Waals surface area contributed by atoms with Gasteiger partial charge < -0.3 is 4.57 Å². The summed E-state index contributed by atoms with van der Waals surface area (Å²) in [6, 6.07) is 1.97. The molecule has 0 radical (unpaired) electrons. The first-order chi connectivity index (χ1) is 10.6. The molecule has 0 bridgehead atoms. The summed E-state index contributed by atoms with van der Waals surface area (Å²) in [5, 5.41) is 12.1. The first-order valence-corrected chi connectivity index (χ1v) is 8.26. The molecule has 0 aliphatic carbocycles. The molecule has 0 saturated heterocycles. The minimum absolute atomic E-state index is 0.105. The number of aryl methyl sites for hydroxylation is 1. The van der Waals surface area contributed by atoms with Gasteiger partial charge in [-0.3, -0.25) is 4.79 Å². The summed E-state index contributed by atoms with van der Waals surface area (Å²) in [5.74, 6) is 0.433.